The molecule has 0 aromatic rings. The third kappa shape index (κ3) is 1.96. The van der Waals surface area contributed by atoms with Crippen LogP contribution in [0.25, 0.3) is 0 Å². The average molecular weight is 191 g/mol. The van der Waals surface area contributed by atoms with Crippen molar-refractivity contribution in [3.63, 3.8) is 0 Å². The summed E-state index contributed by atoms with van der Waals surface area (Å²) in [5.41, 5.74) is 0. The second-order valence-corrected chi connectivity index (χ2v) is 4.59. The molecule has 54 valence electrons. The van der Waals surface area contributed by atoms with E-state index in [2.05, 4.69) is 29.8 Å². The number of halogens is 1. The first-order chi connectivity index (χ1) is 4.20. The molecule has 0 aliphatic heterocycles. The monoisotopic (exact) mass is 190 g/mol. The van der Waals surface area contributed by atoms with Gasteiger partial charge in [-0.05, 0) is 31.1 Å². The van der Waals surface area contributed by atoms with Crippen LogP contribution in [0.15, 0.2) is 0 Å². The Morgan fingerprint density at radius 3 is 2.33 bits per heavy atom. The van der Waals surface area contributed by atoms with Crippen LogP contribution in [-0.2, 0) is 0 Å². The Morgan fingerprint density at radius 2 is 1.89 bits per heavy atom. The van der Waals surface area contributed by atoms with Crippen molar-refractivity contribution in [2.45, 2.75) is 37.9 Å². The van der Waals surface area contributed by atoms with E-state index in [9.17, 15) is 0 Å². The minimum Gasteiger partial charge on any atom is -0.0888 e. The number of hydrogen-bond donors (Lipinski definition) is 0. The summed E-state index contributed by atoms with van der Waals surface area (Å²) >= 11 is 3.68. The van der Waals surface area contributed by atoms with E-state index in [-0.39, 0.29) is 0 Å². The summed E-state index contributed by atoms with van der Waals surface area (Å²) < 4.78 is 0. The third-order valence-electron chi connectivity index (χ3n) is 2.33. The van der Waals surface area contributed by atoms with Crippen molar-refractivity contribution in [3.8, 4) is 0 Å². The van der Waals surface area contributed by atoms with Crippen LogP contribution in [0.1, 0.15) is 33.1 Å². The molecule has 1 fully saturated rings. The molecule has 0 amide bonds. The fraction of sp³-hybridized carbons (Fsp3) is 1.00. The Morgan fingerprint density at radius 1 is 1.22 bits per heavy atom. The second kappa shape index (κ2) is 3.05. The molecule has 0 nitrogen and oxygen atoms in total. The first-order valence-corrected chi connectivity index (χ1v) is 4.75. The van der Waals surface area contributed by atoms with Crippen LogP contribution in [-0.4, -0.2) is 4.83 Å². The molecule has 3 atom stereocenters. The first kappa shape index (κ1) is 7.59. The Labute approximate surface area is 66.2 Å². The highest BCUT2D eigenvalue weighted by atomic mass is 79.9. The molecule has 0 N–H and O–H groups in total. The highest BCUT2D eigenvalue weighted by molar-refractivity contribution is 9.09. The molecule has 9 heavy (non-hydrogen) atoms. The topological polar surface area (TPSA) is 0 Å². The summed E-state index contributed by atoms with van der Waals surface area (Å²) in [5.74, 6) is 1.86. The molecule has 1 rings (SSSR count). The Bertz CT molecular complexity index is 90.6. The van der Waals surface area contributed by atoms with E-state index >= 15 is 0 Å². The van der Waals surface area contributed by atoms with Crippen LogP contribution in [0.5, 0.6) is 0 Å². The van der Waals surface area contributed by atoms with Gasteiger partial charge in [-0.3, -0.25) is 0 Å². The molecule has 0 saturated heterocycles. The van der Waals surface area contributed by atoms with Gasteiger partial charge in [0.1, 0.15) is 0 Å². The van der Waals surface area contributed by atoms with Crippen LogP contribution in [0.2, 0.25) is 0 Å². The minimum atomic E-state index is 0.800. The van der Waals surface area contributed by atoms with E-state index in [1.54, 1.807) is 0 Å². The Hall–Kier alpha value is 0.480. The molecular formula is C8H15Br. The molecular weight excluding hydrogens is 176 g/mol. The highest BCUT2D eigenvalue weighted by Crippen LogP contribution is 2.32. The molecule has 0 bridgehead atoms. The van der Waals surface area contributed by atoms with Crippen LogP contribution in [0.4, 0.5) is 0 Å². The quantitative estimate of drug-likeness (QED) is 0.516. The predicted octanol–water partition coefficient (Wildman–Crippen LogP) is 3.21. The van der Waals surface area contributed by atoms with E-state index in [1.165, 1.54) is 19.3 Å². The van der Waals surface area contributed by atoms with Crippen LogP contribution < -0.4 is 0 Å². The van der Waals surface area contributed by atoms with E-state index < -0.39 is 0 Å². The van der Waals surface area contributed by atoms with Crippen molar-refractivity contribution in [1.29, 1.82) is 0 Å². The van der Waals surface area contributed by atoms with Gasteiger partial charge < -0.3 is 0 Å². The van der Waals surface area contributed by atoms with Crippen molar-refractivity contribution >= 4 is 15.9 Å². The van der Waals surface area contributed by atoms with E-state index in [0.29, 0.717) is 0 Å². The molecule has 0 aromatic carbocycles. The van der Waals surface area contributed by atoms with Gasteiger partial charge in [0, 0.05) is 4.83 Å². The molecule has 0 unspecified atom stereocenters. The van der Waals surface area contributed by atoms with E-state index in [4.69, 9.17) is 0 Å². The van der Waals surface area contributed by atoms with E-state index in [0.717, 1.165) is 16.7 Å². The van der Waals surface area contributed by atoms with Gasteiger partial charge in [0.25, 0.3) is 0 Å². The first-order valence-electron chi connectivity index (χ1n) is 3.84. The number of rotatable bonds is 0. The zero-order valence-corrected chi connectivity index (χ0v) is 7.82. The van der Waals surface area contributed by atoms with Crippen molar-refractivity contribution in [2.24, 2.45) is 11.8 Å². The molecule has 1 aliphatic rings. The fourth-order valence-corrected chi connectivity index (χ4v) is 2.11. The number of hydrogen-bond acceptors (Lipinski definition) is 0. The molecule has 0 aromatic heterocycles. The zero-order valence-electron chi connectivity index (χ0n) is 6.23. The SMILES string of the molecule is C[C@H]1CC[C@H](Br)[C@H](C)C1. The normalized spacial score (nSPS) is 45.0. The van der Waals surface area contributed by atoms with E-state index in [1.807, 2.05) is 0 Å². The summed E-state index contributed by atoms with van der Waals surface area (Å²) in [6.45, 7) is 4.70. The highest BCUT2D eigenvalue weighted by Gasteiger charge is 2.22. The van der Waals surface area contributed by atoms with Crippen molar-refractivity contribution < 1.29 is 0 Å². The van der Waals surface area contributed by atoms with Gasteiger partial charge >= 0.3 is 0 Å². The van der Waals surface area contributed by atoms with Gasteiger partial charge in [-0.15, -0.1) is 0 Å². The standard InChI is InChI=1S/C8H15Br/c1-6-3-4-8(9)7(2)5-6/h6-8H,3-5H2,1-2H3/t6-,7+,8-/m0/s1. The van der Waals surface area contributed by atoms with Gasteiger partial charge in [-0.25, -0.2) is 0 Å². The van der Waals surface area contributed by atoms with Gasteiger partial charge in [-0.1, -0.05) is 29.8 Å². The lowest BCUT2D eigenvalue weighted by atomic mass is 9.84. The third-order valence-corrected chi connectivity index (χ3v) is 3.69. The zero-order chi connectivity index (χ0) is 6.85. The largest absolute Gasteiger partial charge is 0.0888 e. The summed E-state index contributed by atoms with van der Waals surface area (Å²) in [6, 6.07) is 0. The Balaban J connectivity index is 2.35. The summed E-state index contributed by atoms with van der Waals surface area (Å²) in [5, 5.41) is 0. The second-order valence-electron chi connectivity index (χ2n) is 3.41. The van der Waals surface area contributed by atoms with Gasteiger partial charge in [0.2, 0.25) is 0 Å². The fourth-order valence-electron chi connectivity index (χ4n) is 1.63. The maximum atomic E-state index is 3.68. The van der Waals surface area contributed by atoms with Crippen molar-refractivity contribution in [3.05, 3.63) is 0 Å². The maximum absolute atomic E-state index is 3.68. The lowest BCUT2D eigenvalue weighted by Crippen LogP contribution is -2.20. The Kier molecular flexibility index (Phi) is 2.57. The van der Waals surface area contributed by atoms with Crippen molar-refractivity contribution in [1.82, 2.24) is 0 Å². The minimum absolute atomic E-state index is 0.800. The van der Waals surface area contributed by atoms with Gasteiger partial charge in [0.15, 0.2) is 0 Å². The maximum Gasteiger partial charge on any atom is 0.0171 e. The molecule has 1 heteroatoms. The molecule has 0 radical (unpaired) electrons. The van der Waals surface area contributed by atoms with Crippen LogP contribution in [0.3, 0.4) is 0 Å². The molecule has 1 saturated carbocycles. The lowest BCUT2D eigenvalue weighted by molar-refractivity contribution is 0.314. The summed E-state index contributed by atoms with van der Waals surface area (Å²) in [6.07, 6.45) is 4.21. The van der Waals surface area contributed by atoms with Crippen molar-refractivity contribution in [2.75, 3.05) is 0 Å². The number of alkyl halides is 1. The predicted molar refractivity (Wildman–Crippen MR) is 44.9 cm³/mol. The van der Waals surface area contributed by atoms with Gasteiger partial charge in [-0.2, -0.15) is 0 Å². The molecule has 1 aliphatic carbocycles. The summed E-state index contributed by atoms with van der Waals surface area (Å²) in [7, 11) is 0. The average Bonchev–Trinajstić information content (AvgIpc) is 1.80. The van der Waals surface area contributed by atoms with Crippen LogP contribution in [0, 0.1) is 11.8 Å². The summed E-state index contributed by atoms with van der Waals surface area (Å²) in [4.78, 5) is 0.800. The van der Waals surface area contributed by atoms with Crippen LogP contribution >= 0.6 is 15.9 Å². The molecule has 0 spiro atoms. The lowest BCUT2D eigenvalue weighted by Gasteiger charge is -2.28. The molecule has 0 heterocycles. The van der Waals surface area contributed by atoms with Gasteiger partial charge in [0.05, 0.1) is 0 Å². The smallest absolute Gasteiger partial charge is 0.0171 e.